The number of hydrogen-bond donors (Lipinski definition) is 2. The van der Waals surface area contributed by atoms with Crippen molar-refractivity contribution in [2.45, 2.75) is 45.2 Å². The van der Waals surface area contributed by atoms with Crippen LogP contribution in [0.25, 0.3) is 0 Å². The van der Waals surface area contributed by atoms with Gasteiger partial charge in [-0.2, -0.15) is 0 Å². The lowest BCUT2D eigenvalue weighted by Gasteiger charge is -2.28. The molecule has 0 aliphatic carbocycles. The molecule has 0 radical (unpaired) electrons. The highest BCUT2D eigenvalue weighted by Crippen LogP contribution is 2.12. The molecular weight excluding hydrogens is 252 g/mol. The van der Waals surface area contributed by atoms with Gasteiger partial charge in [0.05, 0.1) is 0 Å². The third kappa shape index (κ3) is 4.53. The lowest BCUT2D eigenvalue weighted by Crippen LogP contribution is -2.47. The number of nitrogens with one attached hydrogen (secondary N) is 2. The molecule has 1 amide bonds. The fourth-order valence-electron chi connectivity index (χ4n) is 2.50. The number of carbonyl (C=O) groups excluding carboxylic acids is 1. The van der Waals surface area contributed by atoms with E-state index in [1.54, 1.807) is 0 Å². The first-order valence-electron chi connectivity index (χ1n) is 7.42. The molecule has 0 aromatic heterocycles. The number of piperidine rings is 1. The average molecular weight is 276 g/mol. The maximum Gasteiger partial charge on any atom is 0.258 e. The SMILES string of the molecule is CCc1ccc(OCC(=O)NC2CCNC(C)C2)cc1. The average Bonchev–Trinajstić information content (AvgIpc) is 2.46. The van der Waals surface area contributed by atoms with E-state index in [9.17, 15) is 4.79 Å². The van der Waals surface area contributed by atoms with Crippen LogP contribution in [0.15, 0.2) is 24.3 Å². The summed E-state index contributed by atoms with van der Waals surface area (Å²) >= 11 is 0. The van der Waals surface area contributed by atoms with Gasteiger partial charge in [-0.25, -0.2) is 0 Å². The predicted molar refractivity (Wildman–Crippen MR) is 79.9 cm³/mol. The summed E-state index contributed by atoms with van der Waals surface area (Å²) in [7, 11) is 0. The highest BCUT2D eigenvalue weighted by molar-refractivity contribution is 5.77. The Bertz CT molecular complexity index is 431. The minimum absolute atomic E-state index is 0.0383. The van der Waals surface area contributed by atoms with Gasteiger partial charge in [0, 0.05) is 12.1 Å². The van der Waals surface area contributed by atoms with Gasteiger partial charge < -0.3 is 15.4 Å². The van der Waals surface area contributed by atoms with Gasteiger partial charge in [0.25, 0.3) is 5.91 Å². The molecule has 0 bridgehead atoms. The zero-order valence-corrected chi connectivity index (χ0v) is 12.3. The Balaban J connectivity index is 1.73. The molecule has 0 saturated carbocycles. The molecule has 1 aliphatic rings. The van der Waals surface area contributed by atoms with E-state index in [1.807, 2.05) is 24.3 Å². The normalized spacial score (nSPS) is 22.3. The van der Waals surface area contributed by atoms with Gasteiger partial charge in [-0.3, -0.25) is 4.79 Å². The number of carbonyl (C=O) groups is 1. The molecule has 1 aromatic carbocycles. The Morgan fingerprint density at radius 1 is 1.40 bits per heavy atom. The van der Waals surface area contributed by atoms with E-state index in [4.69, 9.17) is 4.74 Å². The fraction of sp³-hybridized carbons (Fsp3) is 0.562. The van der Waals surface area contributed by atoms with Crippen LogP contribution in [0, 0.1) is 0 Å². The maximum absolute atomic E-state index is 11.9. The summed E-state index contributed by atoms with van der Waals surface area (Å²) in [5.74, 6) is 0.708. The quantitative estimate of drug-likeness (QED) is 0.863. The Morgan fingerprint density at radius 3 is 2.80 bits per heavy atom. The highest BCUT2D eigenvalue weighted by Gasteiger charge is 2.19. The monoisotopic (exact) mass is 276 g/mol. The summed E-state index contributed by atoms with van der Waals surface area (Å²) in [6.45, 7) is 5.31. The van der Waals surface area contributed by atoms with E-state index in [0.29, 0.717) is 6.04 Å². The Morgan fingerprint density at radius 2 is 2.15 bits per heavy atom. The van der Waals surface area contributed by atoms with E-state index >= 15 is 0 Å². The van der Waals surface area contributed by atoms with E-state index in [-0.39, 0.29) is 18.6 Å². The Hall–Kier alpha value is -1.55. The smallest absolute Gasteiger partial charge is 0.258 e. The van der Waals surface area contributed by atoms with Gasteiger partial charge in [0.15, 0.2) is 6.61 Å². The van der Waals surface area contributed by atoms with Crippen molar-refractivity contribution in [2.24, 2.45) is 0 Å². The second-order valence-corrected chi connectivity index (χ2v) is 5.43. The van der Waals surface area contributed by atoms with Crippen LogP contribution in [0.5, 0.6) is 5.75 Å². The second kappa shape index (κ2) is 7.29. The molecule has 2 N–H and O–H groups in total. The molecule has 110 valence electrons. The highest BCUT2D eigenvalue weighted by atomic mass is 16.5. The van der Waals surface area contributed by atoms with Crippen molar-refractivity contribution in [3.8, 4) is 5.75 Å². The summed E-state index contributed by atoms with van der Waals surface area (Å²) < 4.78 is 5.51. The summed E-state index contributed by atoms with van der Waals surface area (Å²) in [4.78, 5) is 11.9. The number of ether oxygens (including phenoxy) is 1. The van der Waals surface area contributed by atoms with Gasteiger partial charge in [0.1, 0.15) is 5.75 Å². The van der Waals surface area contributed by atoms with E-state index in [0.717, 1.165) is 31.6 Å². The molecule has 4 heteroatoms. The topological polar surface area (TPSA) is 50.4 Å². The third-order valence-electron chi connectivity index (χ3n) is 3.69. The number of aryl methyl sites for hydroxylation is 1. The molecule has 1 aliphatic heterocycles. The molecule has 1 saturated heterocycles. The number of hydrogen-bond acceptors (Lipinski definition) is 3. The first-order chi connectivity index (χ1) is 9.67. The molecule has 1 aromatic rings. The van der Waals surface area contributed by atoms with Gasteiger partial charge in [-0.05, 0) is 50.4 Å². The summed E-state index contributed by atoms with van der Waals surface area (Å²) in [6, 6.07) is 8.63. The first-order valence-corrected chi connectivity index (χ1v) is 7.42. The van der Waals surface area contributed by atoms with Crippen molar-refractivity contribution < 1.29 is 9.53 Å². The zero-order valence-electron chi connectivity index (χ0n) is 12.3. The van der Waals surface area contributed by atoms with Gasteiger partial charge in [-0.15, -0.1) is 0 Å². The van der Waals surface area contributed by atoms with Crippen molar-refractivity contribution in [1.82, 2.24) is 10.6 Å². The van der Waals surface area contributed by atoms with Crippen molar-refractivity contribution in [3.63, 3.8) is 0 Å². The molecule has 0 spiro atoms. The maximum atomic E-state index is 11.9. The number of benzene rings is 1. The third-order valence-corrected chi connectivity index (χ3v) is 3.69. The van der Waals surface area contributed by atoms with Gasteiger partial charge >= 0.3 is 0 Å². The summed E-state index contributed by atoms with van der Waals surface area (Å²) in [6.07, 6.45) is 2.98. The van der Waals surface area contributed by atoms with E-state index in [1.165, 1.54) is 5.56 Å². The molecule has 1 heterocycles. The summed E-state index contributed by atoms with van der Waals surface area (Å²) in [5, 5.41) is 6.41. The molecule has 2 rings (SSSR count). The number of amides is 1. The van der Waals surface area contributed by atoms with Gasteiger partial charge in [0.2, 0.25) is 0 Å². The van der Waals surface area contributed by atoms with Gasteiger partial charge in [-0.1, -0.05) is 19.1 Å². The van der Waals surface area contributed by atoms with Crippen LogP contribution in [-0.4, -0.2) is 31.1 Å². The number of rotatable bonds is 5. The minimum atomic E-state index is -0.0383. The predicted octanol–water partition coefficient (Wildman–Crippen LogP) is 1.88. The van der Waals surface area contributed by atoms with E-state index in [2.05, 4.69) is 24.5 Å². The molecule has 1 fully saturated rings. The van der Waals surface area contributed by atoms with Crippen LogP contribution in [0.1, 0.15) is 32.3 Å². The standard InChI is InChI=1S/C16H24N2O2/c1-3-13-4-6-15(7-5-13)20-11-16(19)18-14-8-9-17-12(2)10-14/h4-7,12,14,17H,3,8-11H2,1-2H3,(H,18,19). The van der Waals surface area contributed by atoms with E-state index < -0.39 is 0 Å². The van der Waals surface area contributed by atoms with Crippen LogP contribution < -0.4 is 15.4 Å². The van der Waals surface area contributed by atoms with Crippen LogP contribution in [0.2, 0.25) is 0 Å². The van der Waals surface area contributed by atoms with Crippen LogP contribution in [-0.2, 0) is 11.2 Å². The largest absolute Gasteiger partial charge is 0.484 e. The molecule has 2 atom stereocenters. The van der Waals surface area contributed by atoms with Crippen molar-refractivity contribution in [3.05, 3.63) is 29.8 Å². The van der Waals surface area contributed by atoms with Crippen LogP contribution in [0.3, 0.4) is 0 Å². The minimum Gasteiger partial charge on any atom is -0.484 e. The lowest BCUT2D eigenvalue weighted by molar-refractivity contribution is -0.124. The first kappa shape index (κ1) is 14.9. The van der Waals surface area contributed by atoms with Crippen LogP contribution >= 0.6 is 0 Å². The molecule has 2 unspecified atom stereocenters. The Kier molecular flexibility index (Phi) is 5.41. The van der Waals surface area contributed by atoms with Crippen LogP contribution in [0.4, 0.5) is 0 Å². The fourth-order valence-corrected chi connectivity index (χ4v) is 2.50. The second-order valence-electron chi connectivity index (χ2n) is 5.43. The molecular formula is C16H24N2O2. The Labute approximate surface area is 120 Å². The summed E-state index contributed by atoms with van der Waals surface area (Å²) in [5.41, 5.74) is 1.27. The zero-order chi connectivity index (χ0) is 14.4. The lowest BCUT2D eigenvalue weighted by atomic mass is 10.0. The molecule has 20 heavy (non-hydrogen) atoms. The van der Waals surface area contributed by atoms with Crippen molar-refractivity contribution in [2.75, 3.05) is 13.2 Å². The van der Waals surface area contributed by atoms with Crippen molar-refractivity contribution >= 4 is 5.91 Å². The van der Waals surface area contributed by atoms with Crippen molar-refractivity contribution in [1.29, 1.82) is 0 Å². The molecule has 4 nitrogen and oxygen atoms in total.